The Morgan fingerprint density at radius 1 is 1.09 bits per heavy atom. The molecule has 0 amide bonds. The van der Waals surface area contributed by atoms with Crippen molar-refractivity contribution >= 4 is 5.96 Å². The van der Waals surface area contributed by atoms with Crippen LogP contribution in [0.3, 0.4) is 0 Å². The zero-order valence-corrected chi connectivity index (χ0v) is 13.0. The molecule has 22 heavy (non-hydrogen) atoms. The Bertz CT molecular complexity index is 596. The normalized spacial score (nSPS) is 11.2. The summed E-state index contributed by atoms with van der Waals surface area (Å²) in [6.45, 7) is 4.04. The molecule has 0 spiro atoms. The lowest BCUT2D eigenvalue weighted by molar-refractivity contribution is 0.306. The summed E-state index contributed by atoms with van der Waals surface area (Å²) < 4.78 is 5.81. The highest BCUT2D eigenvalue weighted by Gasteiger charge is 1.98. The molecule has 0 aliphatic carbocycles. The van der Waals surface area contributed by atoms with E-state index in [1.165, 1.54) is 0 Å². The molecule has 4 heteroatoms. The molecule has 0 fully saturated rings. The summed E-state index contributed by atoms with van der Waals surface area (Å²) in [5, 5.41) is 3.06. The van der Waals surface area contributed by atoms with Crippen molar-refractivity contribution in [3.63, 3.8) is 0 Å². The van der Waals surface area contributed by atoms with E-state index in [0.29, 0.717) is 19.1 Å². The molecule has 0 aliphatic heterocycles. The Hall–Kier alpha value is -2.49. The molecule has 0 saturated heterocycles. The number of hydrogen-bond donors (Lipinski definition) is 2. The van der Waals surface area contributed by atoms with Crippen molar-refractivity contribution < 1.29 is 4.74 Å². The molecule has 3 N–H and O–H groups in total. The smallest absolute Gasteiger partial charge is 0.188 e. The van der Waals surface area contributed by atoms with E-state index < -0.39 is 0 Å². The number of benzene rings is 2. The molecule has 0 unspecified atom stereocenters. The van der Waals surface area contributed by atoms with Gasteiger partial charge in [-0.25, -0.2) is 4.99 Å². The van der Waals surface area contributed by atoms with Gasteiger partial charge >= 0.3 is 0 Å². The van der Waals surface area contributed by atoms with Gasteiger partial charge in [-0.2, -0.15) is 0 Å². The van der Waals surface area contributed by atoms with E-state index in [9.17, 15) is 0 Å². The van der Waals surface area contributed by atoms with Crippen LogP contribution in [0.4, 0.5) is 0 Å². The first kappa shape index (κ1) is 15.9. The maximum atomic E-state index is 5.81. The fraction of sp³-hybridized carbons (Fsp3) is 0.278. The number of guanidine groups is 1. The number of hydrogen-bond acceptors (Lipinski definition) is 2. The Kier molecular flexibility index (Phi) is 6.30. The number of ether oxygens (including phenoxy) is 1. The Balaban J connectivity index is 1.89. The van der Waals surface area contributed by atoms with Crippen molar-refractivity contribution in [2.45, 2.75) is 26.5 Å². The van der Waals surface area contributed by atoms with Gasteiger partial charge in [0.15, 0.2) is 5.96 Å². The van der Waals surface area contributed by atoms with Crippen molar-refractivity contribution in [3.05, 3.63) is 65.7 Å². The van der Waals surface area contributed by atoms with E-state index in [4.69, 9.17) is 10.5 Å². The van der Waals surface area contributed by atoms with Crippen LogP contribution in [0.1, 0.15) is 24.5 Å². The molecule has 4 nitrogen and oxygen atoms in total. The molecule has 2 aromatic rings. The summed E-state index contributed by atoms with van der Waals surface area (Å²) in [7, 11) is 0. The molecular weight excluding hydrogens is 274 g/mol. The maximum Gasteiger partial charge on any atom is 0.188 e. The van der Waals surface area contributed by atoms with Gasteiger partial charge in [0, 0.05) is 6.54 Å². The number of nitrogens with one attached hydrogen (secondary N) is 1. The third-order valence-corrected chi connectivity index (χ3v) is 3.13. The highest BCUT2D eigenvalue weighted by Crippen LogP contribution is 2.15. The molecule has 0 bridgehead atoms. The van der Waals surface area contributed by atoms with E-state index in [0.717, 1.165) is 29.8 Å². The number of nitrogens with two attached hydrogens (primary N) is 1. The minimum atomic E-state index is 0.484. The van der Waals surface area contributed by atoms with Crippen LogP contribution in [0.5, 0.6) is 5.75 Å². The van der Waals surface area contributed by atoms with E-state index in [2.05, 4.69) is 17.2 Å². The van der Waals surface area contributed by atoms with Crippen molar-refractivity contribution in [3.8, 4) is 5.75 Å². The van der Waals surface area contributed by atoms with Gasteiger partial charge in [0.25, 0.3) is 0 Å². The van der Waals surface area contributed by atoms with Crippen LogP contribution in [-0.2, 0) is 13.2 Å². The van der Waals surface area contributed by atoms with E-state index in [1.54, 1.807) is 0 Å². The molecule has 0 radical (unpaired) electrons. The molecule has 0 aromatic heterocycles. The monoisotopic (exact) mass is 297 g/mol. The summed E-state index contributed by atoms with van der Waals surface area (Å²) in [5.41, 5.74) is 8.02. The predicted octanol–water partition coefficient (Wildman–Crippen LogP) is 3.08. The predicted molar refractivity (Wildman–Crippen MR) is 90.8 cm³/mol. The van der Waals surface area contributed by atoms with Gasteiger partial charge in [-0.15, -0.1) is 0 Å². The summed E-state index contributed by atoms with van der Waals surface area (Å²) in [6.07, 6.45) is 1.03. The van der Waals surface area contributed by atoms with Crippen LogP contribution >= 0.6 is 0 Å². The molecule has 0 heterocycles. The third-order valence-electron chi connectivity index (χ3n) is 3.13. The molecule has 2 rings (SSSR count). The first-order valence-corrected chi connectivity index (χ1v) is 7.57. The Labute approximate surface area is 132 Å². The number of rotatable bonds is 7. The van der Waals surface area contributed by atoms with Crippen LogP contribution in [0.2, 0.25) is 0 Å². The molecule has 0 saturated carbocycles. The van der Waals surface area contributed by atoms with Crippen LogP contribution in [0, 0.1) is 0 Å². The van der Waals surface area contributed by atoms with Gasteiger partial charge in [0.05, 0.1) is 6.54 Å². The topological polar surface area (TPSA) is 59.6 Å². The lowest BCUT2D eigenvalue weighted by Crippen LogP contribution is -2.32. The van der Waals surface area contributed by atoms with Gasteiger partial charge in [-0.1, -0.05) is 49.4 Å². The molecule has 0 atom stereocenters. The molecule has 116 valence electrons. The first-order chi connectivity index (χ1) is 10.8. The third kappa shape index (κ3) is 5.48. The zero-order valence-electron chi connectivity index (χ0n) is 13.0. The van der Waals surface area contributed by atoms with Gasteiger partial charge in [-0.05, 0) is 29.7 Å². The number of aliphatic imine (C=N–C) groups is 1. The summed E-state index contributed by atoms with van der Waals surface area (Å²) in [6, 6.07) is 18.1. The van der Waals surface area contributed by atoms with Crippen molar-refractivity contribution in [1.29, 1.82) is 0 Å². The van der Waals surface area contributed by atoms with Crippen LogP contribution < -0.4 is 15.8 Å². The SMILES string of the molecule is CCCNC(N)=NCc1cccc(OCc2ccccc2)c1. The second-order valence-corrected chi connectivity index (χ2v) is 5.05. The van der Waals surface area contributed by atoms with Crippen LogP contribution in [0.25, 0.3) is 0 Å². The highest BCUT2D eigenvalue weighted by atomic mass is 16.5. The van der Waals surface area contributed by atoms with Crippen molar-refractivity contribution in [2.24, 2.45) is 10.7 Å². The Morgan fingerprint density at radius 2 is 1.86 bits per heavy atom. The average Bonchev–Trinajstić information content (AvgIpc) is 2.57. The standard InChI is InChI=1S/C18H23N3O/c1-2-11-20-18(19)21-13-16-9-6-10-17(12-16)22-14-15-7-4-3-5-8-15/h3-10,12H,2,11,13-14H2,1H3,(H3,19,20,21). The van der Waals surface area contributed by atoms with E-state index in [-0.39, 0.29) is 0 Å². The van der Waals surface area contributed by atoms with Gasteiger partial charge < -0.3 is 15.8 Å². The highest BCUT2D eigenvalue weighted by molar-refractivity contribution is 5.77. The summed E-state index contributed by atoms with van der Waals surface area (Å²) in [5.74, 6) is 1.33. The van der Waals surface area contributed by atoms with Crippen molar-refractivity contribution in [1.82, 2.24) is 5.32 Å². The van der Waals surface area contributed by atoms with E-state index in [1.807, 2.05) is 54.6 Å². The van der Waals surface area contributed by atoms with Crippen LogP contribution in [-0.4, -0.2) is 12.5 Å². The lowest BCUT2D eigenvalue weighted by atomic mass is 10.2. The number of nitrogens with zero attached hydrogens (tertiary/aromatic N) is 1. The fourth-order valence-electron chi connectivity index (χ4n) is 1.96. The minimum absolute atomic E-state index is 0.484. The van der Waals surface area contributed by atoms with Gasteiger partial charge in [0.1, 0.15) is 12.4 Å². The van der Waals surface area contributed by atoms with Crippen molar-refractivity contribution in [2.75, 3.05) is 6.54 Å². The first-order valence-electron chi connectivity index (χ1n) is 7.57. The fourth-order valence-corrected chi connectivity index (χ4v) is 1.96. The Morgan fingerprint density at radius 3 is 2.64 bits per heavy atom. The molecule has 0 aliphatic rings. The molecular formula is C18H23N3O. The van der Waals surface area contributed by atoms with Gasteiger partial charge in [-0.3, -0.25) is 0 Å². The largest absolute Gasteiger partial charge is 0.489 e. The average molecular weight is 297 g/mol. The zero-order chi connectivity index (χ0) is 15.6. The molecule has 2 aromatic carbocycles. The van der Waals surface area contributed by atoms with Crippen LogP contribution in [0.15, 0.2) is 59.6 Å². The van der Waals surface area contributed by atoms with Gasteiger partial charge in [0.2, 0.25) is 0 Å². The van der Waals surface area contributed by atoms with E-state index >= 15 is 0 Å². The lowest BCUT2D eigenvalue weighted by Gasteiger charge is -2.08. The second-order valence-electron chi connectivity index (χ2n) is 5.05. The second kappa shape index (κ2) is 8.72. The minimum Gasteiger partial charge on any atom is -0.489 e. The summed E-state index contributed by atoms with van der Waals surface area (Å²) >= 11 is 0. The maximum absolute atomic E-state index is 5.81. The summed E-state index contributed by atoms with van der Waals surface area (Å²) in [4.78, 5) is 4.32. The quantitative estimate of drug-likeness (QED) is 0.610.